The minimum Gasteiger partial charge on any atom is -0.493 e. The minimum absolute atomic E-state index is 0.0792. The lowest BCUT2D eigenvalue weighted by Crippen LogP contribution is -2.20. The number of nitrogens with one attached hydrogen (secondary N) is 1. The van der Waals surface area contributed by atoms with Crippen LogP contribution in [0, 0.1) is 20.8 Å². The molecule has 1 N–H and O–H groups in total. The Morgan fingerprint density at radius 3 is 2.43 bits per heavy atom. The highest BCUT2D eigenvalue weighted by atomic mass is 16.5. The zero-order chi connectivity index (χ0) is 15.4. The summed E-state index contributed by atoms with van der Waals surface area (Å²) in [4.78, 5) is 0. The number of furan rings is 1. The SMILES string of the molecule is CCCOc1ccccc1C(NC)c1c(C)oc(C)c1C. The third-order valence-electron chi connectivity index (χ3n) is 3.89. The molecule has 3 heteroatoms. The largest absolute Gasteiger partial charge is 0.493 e. The van der Waals surface area contributed by atoms with Crippen molar-refractivity contribution in [3.05, 3.63) is 52.5 Å². The van der Waals surface area contributed by atoms with E-state index in [1.807, 2.05) is 33.0 Å². The van der Waals surface area contributed by atoms with Crippen LogP contribution in [0.4, 0.5) is 0 Å². The van der Waals surface area contributed by atoms with Crippen LogP contribution < -0.4 is 10.1 Å². The zero-order valence-corrected chi connectivity index (χ0v) is 13.6. The molecular formula is C18H25NO2. The van der Waals surface area contributed by atoms with Gasteiger partial charge in [-0.2, -0.15) is 0 Å². The number of hydrogen-bond donors (Lipinski definition) is 1. The Morgan fingerprint density at radius 2 is 1.86 bits per heavy atom. The fraction of sp³-hybridized carbons (Fsp3) is 0.444. The predicted molar refractivity (Wildman–Crippen MR) is 86.0 cm³/mol. The summed E-state index contributed by atoms with van der Waals surface area (Å²) in [5.74, 6) is 2.89. The lowest BCUT2D eigenvalue weighted by molar-refractivity contribution is 0.312. The van der Waals surface area contributed by atoms with Crippen molar-refractivity contribution in [3.8, 4) is 5.75 Å². The molecule has 0 saturated carbocycles. The van der Waals surface area contributed by atoms with Crippen molar-refractivity contribution in [1.82, 2.24) is 5.32 Å². The van der Waals surface area contributed by atoms with Crippen molar-refractivity contribution in [2.45, 2.75) is 40.2 Å². The number of benzene rings is 1. The summed E-state index contributed by atoms with van der Waals surface area (Å²) in [6.07, 6.45) is 1.00. The molecule has 0 aliphatic heterocycles. The Morgan fingerprint density at radius 1 is 1.14 bits per heavy atom. The molecule has 1 unspecified atom stereocenters. The molecule has 21 heavy (non-hydrogen) atoms. The molecule has 0 aliphatic rings. The van der Waals surface area contributed by atoms with Gasteiger partial charge < -0.3 is 14.5 Å². The van der Waals surface area contributed by atoms with E-state index in [0.717, 1.165) is 35.9 Å². The van der Waals surface area contributed by atoms with E-state index in [9.17, 15) is 0 Å². The van der Waals surface area contributed by atoms with Crippen LogP contribution >= 0.6 is 0 Å². The van der Waals surface area contributed by atoms with E-state index in [-0.39, 0.29) is 6.04 Å². The van der Waals surface area contributed by atoms with Gasteiger partial charge >= 0.3 is 0 Å². The molecule has 0 saturated heterocycles. The molecule has 2 rings (SSSR count). The molecule has 0 bridgehead atoms. The van der Waals surface area contributed by atoms with E-state index < -0.39 is 0 Å². The fourth-order valence-electron chi connectivity index (χ4n) is 2.75. The molecule has 1 atom stereocenters. The summed E-state index contributed by atoms with van der Waals surface area (Å²) in [6.45, 7) is 9.00. The number of ether oxygens (including phenoxy) is 1. The van der Waals surface area contributed by atoms with Gasteiger partial charge in [0.2, 0.25) is 0 Å². The van der Waals surface area contributed by atoms with Crippen LogP contribution in [0.1, 0.15) is 47.6 Å². The van der Waals surface area contributed by atoms with Crippen LogP contribution in [0.3, 0.4) is 0 Å². The average Bonchev–Trinajstić information content (AvgIpc) is 2.73. The fourth-order valence-corrected chi connectivity index (χ4v) is 2.75. The van der Waals surface area contributed by atoms with Crippen molar-refractivity contribution in [3.63, 3.8) is 0 Å². The molecule has 114 valence electrons. The van der Waals surface area contributed by atoms with Crippen LogP contribution in [0.15, 0.2) is 28.7 Å². The Labute approximate surface area is 127 Å². The highest BCUT2D eigenvalue weighted by Crippen LogP contribution is 2.35. The molecule has 1 aromatic heterocycles. The van der Waals surface area contributed by atoms with Gasteiger partial charge in [-0.3, -0.25) is 0 Å². The van der Waals surface area contributed by atoms with Gasteiger partial charge in [-0.1, -0.05) is 25.1 Å². The Hall–Kier alpha value is -1.74. The number of aryl methyl sites for hydroxylation is 2. The van der Waals surface area contributed by atoms with Crippen molar-refractivity contribution in [2.24, 2.45) is 0 Å². The summed E-state index contributed by atoms with van der Waals surface area (Å²) < 4.78 is 11.7. The third-order valence-corrected chi connectivity index (χ3v) is 3.89. The van der Waals surface area contributed by atoms with Crippen molar-refractivity contribution < 1.29 is 9.15 Å². The summed E-state index contributed by atoms with van der Waals surface area (Å²) in [6, 6.07) is 8.30. The van der Waals surface area contributed by atoms with Crippen molar-refractivity contribution in [2.75, 3.05) is 13.7 Å². The van der Waals surface area contributed by atoms with Gasteiger partial charge in [-0.25, -0.2) is 0 Å². The van der Waals surface area contributed by atoms with E-state index >= 15 is 0 Å². The zero-order valence-electron chi connectivity index (χ0n) is 13.6. The van der Waals surface area contributed by atoms with E-state index in [2.05, 4.69) is 31.3 Å². The van der Waals surface area contributed by atoms with E-state index in [1.54, 1.807) is 0 Å². The number of rotatable bonds is 6. The second-order valence-electron chi connectivity index (χ2n) is 5.36. The van der Waals surface area contributed by atoms with Crippen LogP contribution in [-0.2, 0) is 0 Å². The molecule has 0 aliphatic carbocycles. The second-order valence-corrected chi connectivity index (χ2v) is 5.36. The van der Waals surface area contributed by atoms with E-state index in [4.69, 9.17) is 9.15 Å². The van der Waals surface area contributed by atoms with Gasteiger partial charge in [-0.05, 0) is 45.9 Å². The Bertz CT molecular complexity index is 601. The monoisotopic (exact) mass is 287 g/mol. The summed E-state index contributed by atoms with van der Waals surface area (Å²) in [5, 5.41) is 3.41. The molecule has 3 nitrogen and oxygen atoms in total. The van der Waals surface area contributed by atoms with Crippen LogP contribution in [-0.4, -0.2) is 13.7 Å². The van der Waals surface area contributed by atoms with Crippen LogP contribution in [0.25, 0.3) is 0 Å². The van der Waals surface area contributed by atoms with E-state index in [1.165, 1.54) is 11.1 Å². The third kappa shape index (κ3) is 3.13. The first-order chi connectivity index (χ1) is 10.1. The summed E-state index contributed by atoms with van der Waals surface area (Å²) in [5.41, 5.74) is 3.57. The Kier molecular flexibility index (Phi) is 5.07. The first kappa shape index (κ1) is 15.6. The van der Waals surface area contributed by atoms with Gasteiger partial charge in [0.15, 0.2) is 0 Å². The molecule has 0 fully saturated rings. The first-order valence-corrected chi connectivity index (χ1v) is 7.55. The summed E-state index contributed by atoms with van der Waals surface area (Å²) in [7, 11) is 1.97. The van der Waals surface area contributed by atoms with Gasteiger partial charge in [0.1, 0.15) is 17.3 Å². The first-order valence-electron chi connectivity index (χ1n) is 7.55. The number of para-hydroxylation sites is 1. The maximum Gasteiger partial charge on any atom is 0.124 e. The Balaban J connectivity index is 2.46. The molecule has 0 amide bonds. The van der Waals surface area contributed by atoms with Gasteiger partial charge in [0.05, 0.1) is 12.6 Å². The molecular weight excluding hydrogens is 262 g/mol. The van der Waals surface area contributed by atoms with E-state index in [0.29, 0.717) is 0 Å². The molecule has 0 spiro atoms. The molecule has 2 aromatic rings. The maximum absolute atomic E-state index is 5.91. The standard InChI is InChI=1S/C18H25NO2/c1-6-11-20-16-10-8-7-9-15(16)18(19-5)17-12(2)13(3)21-14(17)4/h7-10,18-19H,6,11H2,1-5H3. The average molecular weight is 287 g/mol. The topological polar surface area (TPSA) is 34.4 Å². The second kappa shape index (κ2) is 6.81. The molecule has 1 heterocycles. The maximum atomic E-state index is 5.91. The molecule has 0 radical (unpaired) electrons. The number of hydrogen-bond acceptors (Lipinski definition) is 3. The van der Waals surface area contributed by atoms with Crippen molar-refractivity contribution in [1.29, 1.82) is 0 Å². The predicted octanol–water partition coefficient (Wildman–Crippen LogP) is 4.30. The smallest absolute Gasteiger partial charge is 0.124 e. The highest BCUT2D eigenvalue weighted by Gasteiger charge is 2.23. The van der Waals surface area contributed by atoms with Gasteiger partial charge in [-0.15, -0.1) is 0 Å². The lowest BCUT2D eigenvalue weighted by atomic mass is 9.95. The normalized spacial score (nSPS) is 12.4. The highest BCUT2D eigenvalue weighted by molar-refractivity contribution is 5.46. The van der Waals surface area contributed by atoms with Crippen LogP contribution in [0.5, 0.6) is 5.75 Å². The minimum atomic E-state index is 0.0792. The van der Waals surface area contributed by atoms with Crippen molar-refractivity contribution >= 4 is 0 Å². The lowest BCUT2D eigenvalue weighted by Gasteiger charge is -2.21. The van der Waals surface area contributed by atoms with Crippen LogP contribution in [0.2, 0.25) is 0 Å². The molecule has 1 aromatic carbocycles. The van der Waals surface area contributed by atoms with Gasteiger partial charge in [0.25, 0.3) is 0 Å². The van der Waals surface area contributed by atoms with Gasteiger partial charge in [0, 0.05) is 11.1 Å². The summed E-state index contributed by atoms with van der Waals surface area (Å²) >= 11 is 0. The quantitative estimate of drug-likeness (QED) is 0.860.